The van der Waals surface area contributed by atoms with Gasteiger partial charge in [0.15, 0.2) is 11.5 Å². The first-order chi connectivity index (χ1) is 12.6. The van der Waals surface area contributed by atoms with E-state index in [0.717, 1.165) is 25.9 Å². The zero-order chi connectivity index (χ0) is 18.7. The number of nitrogens with zero attached hydrogens (tertiary/aromatic N) is 2. The minimum absolute atomic E-state index is 0.238. The van der Waals surface area contributed by atoms with Gasteiger partial charge in [0.25, 0.3) is 11.8 Å². The molecule has 0 unspecified atom stereocenters. The fraction of sp³-hybridized carbons (Fsp3) is 0.474. The molecule has 1 saturated heterocycles. The van der Waals surface area contributed by atoms with E-state index in [1.54, 1.807) is 39.5 Å². The third-order valence-corrected chi connectivity index (χ3v) is 4.76. The van der Waals surface area contributed by atoms with Gasteiger partial charge in [-0.25, -0.2) is 0 Å². The Morgan fingerprint density at radius 1 is 0.962 bits per heavy atom. The van der Waals surface area contributed by atoms with Gasteiger partial charge in [-0.1, -0.05) is 6.07 Å². The van der Waals surface area contributed by atoms with E-state index in [0.29, 0.717) is 34.9 Å². The highest BCUT2D eigenvalue weighted by Crippen LogP contribution is 2.37. The van der Waals surface area contributed by atoms with Gasteiger partial charge in [0.1, 0.15) is 5.70 Å². The molecule has 1 aromatic rings. The molecule has 0 bridgehead atoms. The Bertz CT molecular complexity index is 737. The second-order valence-corrected chi connectivity index (χ2v) is 6.24. The lowest BCUT2D eigenvalue weighted by Crippen LogP contribution is -2.36. The molecule has 140 valence electrons. The van der Waals surface area contributed by atoms with Crippen molar-refractivity contribution in [1.29, 1.82) is 0 Å². The average Bonchev–Trinajstić information content (AvgIpc) is 3.26. The van der Waals surface area contributed by atoms with Crippen LogP contribution in [0, 0.1) is 0 Å². The number of benzene rings is 1. The monoisotopic (exact) mass is 360 g/mol. The number of ether oxygens (including phenoxy) is 3. The van der Waals surface area contributed by atoms with E-state index in [9.17, 15) is 9.59 Å². The van der Waals surface area contributed by atoms with E-state index in [-0.39, 0.29) is 18.4 Å². The third kappa shape index (κ3) is 3.14. The summed E-state index contributed by atoms with van der Waals surface area (Å²) in [6.07, 6.45) is 2.03. The van der Waals surface area contributed by atoms with Gasteiger partial charge in [-0.15, -0.1) is 0 Å². The summed E-state index contributed by atoms with van der Waals surface area (Å²) >= 11 is 0. The van der Waals surface area contributed by atoms with Crippen molar-refractivity contribution in [2.45, 2.75) is 12.8 Å². The first-order valence-corrected chi connectivity index (χ1v) is 8.69. The molecular weight excluding hydrogens is 336 g/mol. The van der Waals surface area contributed by atoms with Crippen LogP contribution in [0.4, 0.5) is 0 Å². The molecule has 0 saturated carbocycles. The summed E-state index contributed by atoms with van der Waals surface area (Å²) in [5, 5.41) is 0. The highest BCUT2D eigenvalue weighted by molar-refractivity contribution is 6.35. The smallest absolute Gasteiger partial charge is 0.277 e. The Labute approximate surface area is 153 Å². The normalized spacial score (nSPS) is 17.5. The fourth-order valence-electron chi connectivity index (χ4n) is 3.43. The Hall–Kier alpha value is -2.54. The highest BCUT2D eigenvalue weighted by Gasteiger charge is 2.42. The van der Waals surface area contributed by atoms with E-state index < -0.39 is 0 Å². The van der Waals surface area contributed by atoms with Crippen molar-refractivity contribution in [2.24, 2.45) is 0 Å². The minimum Gasteiger partial charge on any atom is -0.493 e. The Morgan fingerprint density at radius 3 is 2.27 bits per heavy atom. The van der Waals surface area contributed by atoms with Crippen LogP contribution in [0.5, 0.6) is 11.5 Å². The van der Waals surface area contributed by atoms with Gasteiger partial charge in [0.05, 0.1) is 32.9 Å². The SMILES string of the molecule is COCCN1C(=O)C(c2ccc(OC)c(OC)c2)=C(N2CCCC2)C1=O. The van der Waals surface area contributed by atoms with Crippen LogP contribution in [0.3, 0.4) is 0 Å². The Balaban J connectivity index is 2.06. The summed E-state index contributed by atoms with van der Waals surface area (Å²) in [5.41, 5.74) is 1.56. The van der Waals surface area contributed by atoms with E-state index in [2.05, 4.69) is 0 Å². The topological polar surface area (TPSA) is 68.3 Å². The summed E-state index contributed by atoms with van der Waals surface area (Å²) in [6.45, 7) is 2.11. The average molecular weight is 360 g/mol. The summed E-state index contributed by atoms with van der Waals surface area (Å²) in [4.78, 5) is 29.3. The van der Waals surface area contributed by atoms with Crippen molar-refractivity contribution < 1.29 is 23.8 Å². The molecule has 0 N–H and O–H groups in total. The lowest BCUT2D eigenvalue weighted by Gasteiger charge is -2.20. The second-order valence-electron chi connectivity index (χ2n) is 6.24. The van der Waals surface area contributed by atoms with Crippen LogP contribution in [-0.2, 0) is 14.3 Å². The Kier molecular flexibility index (Phi) is 5.46. The Morgan fingerprint density at radius 2 is 1.65 bits per heavy atom. The van der Waals surface area contributed by atoms with Crippen LogP contribution < -0.4 is 9.47 Å². The number of hydrogen-bond donors (Lipinski definition) is 0. The second kappa shape index (κ2) is 7.78. The maximum atomic E-state index is 13.0. The predicted octanol–water partition coefficient (Wildman–Crippen LogP) is 1.53. The lowest BCUT2D eigenvalue weighted by molar-refractivity contribution is -0.138. The number of likely N-dealkylation sites (tertiary alicyclic amines) is 1. The number of methoxy groups -OCH3 is 3. The molecule has 0 atom stereocenters. The molecule has 1 fully saturated rings. The molecule has 2 heterocycles. The van der Waals surface area contributed by atoms with Crippen LogP contribution in [0.1, 0.15) is 18.4 Å². The summed E-state index contributed by atoms with van der Waals surface area (Å²) in [5.74, 6) is 0.557. The van der Waals surface area contributed by atoms with Crippen LogP contribution >= 0.6 is 0 Å². The number of imide groups is 1. The van der Waals surface area contributed by atoms with Crippen molar-refractivity contribution in [1.82, 2.24) is 9.80 Å². The zero-order valence-corrected chi connectivity index (χ0v) is 15.4. The third-order valence-electron chi connectivity index (χ3n) is 4.76. The molecule has 1 aromatic carbocycles. The highest BCUT2D eigenvalue weighted by atomic mass is 16.5. The molecule has 0 radical (unpaired) electrons. The molecule has 3 rings (SSSR count). The van der Waals surface area contributed by atoms with Crippen molar-refractivity contribution in [3.05, 3.63) is 29.5 Å². The number of carbonyl (C=O) groups excluding carboxylic acids is 2. The van der Waals surface area contributed by atoms with Gasteiger partial charge in [0, 0.05) is 20.2 Å². The molecular formula is C19H24N2O5. The minimum atomic E-state index is -0.291. The van der Waals surface area contributed by atoms with E-state index in [1.165, 1.54) is 4.90 Å². The summed E-state index contributed by atoms with van der Waals surface area (Å²) in [6, 6.07) is 5.28. The standard InChI is InChI=1S/C19H24N2O5/c1-24-11-10-21-18(22)16(17(19(21)23)20-8-4-5-9-20)13-6-7-14(25-2)15(12-13)26-3/h6-7,12H,4-5,8-11H2,1-3H3. The molecule has 0 spiro atoms. The van der Waals surface area contributed by atoms with Crippen molar-refractivity contribution in [2.75, 3.05) is 47.6 Å². The van der Waals surface area contributed by atoms with Gasteiger partial charge in [-0.3, -0.25) is 14.5 Å². The van der Waals surface area contributed by atoms with E-state index >= 15 is 0 Å². The van der Waals surface area contributed by atoms with Crippen LogP contribution in [-0.4, -0.2) is 69.2 Å². The lowest BCUT2D eigenvalue weighted by atomic mass is 10.0. The van der Waals surface area contributed by atoms with Gasteiger partial charge >= 0.3 is 0 Å². The number of hydrogen-bond acceptors (Lipinski definition) is 6. The number of amides is 2. The van der Waals surface area contributed by atoms with Crippen LogP contribution in [0.2, 0.25) is 0 Å². The molecule has 2 amide bonds. The van der Waals surface area contributed by atoms with Crippen molar-refractivity contribution in [3.63, 3.8) is 0 Å². The molecule has 7 nitrogen and oxygen atoms in total. The van der Waals surface area contributed by atoms with Gasteiger partial charge in [-0.05, 0) is 30.5 Å². The molecule has 0 aromatic heterocycles. The maximum absolute atomic E-state index is 13.0. The van der Waals surface area contributed by atoms with E-state index in [1.807, 2.05) is 4.90 Å². The van der Waals surface area contributed by atoms with Gasteiger partial charge in [-0.2, -0.15) is 0 Å². The van der Waals surface area contributed by atoms with Crippen LogP contribution in [0.25, 0.3) is 5.57 Å². The zero-order valence-electron chi connectivity index (χ0n) is 15.4. The first kappa shape index (κ1) is 18.3. The molecule has 7 heteroatoms. The summed E-state index contributed by atoms with van der Waals surface area (Å²) in [7, 11) is 4.65. The molecule has 2 aliphatic rings. The van der Waals surface area contributed by atoms with Gasteiger partial charge in [0.2, 0.25) is 0 Å². The first-order valence-electron chi connectivity index (χ1n) is 8.69. The molecule has 0 aliphatic carbocycles. The van der Waals surface area contributed by atoms with Crippen molar-refractivity contribution in [3.8, 4) is 11.5 Å². The molecule has 26 heavy (non-hydrogen) atoms. The maximum Gasteiger partial charge on any atom is 0.277 e. The molecule has 2 aliphatic heterocycles. The number of carbonyl (C=O) groups is 2. The quantitative estimate of drug-likeness (QED) is 0.687. The van der Waals surface area contributed by atoms with Crippen LogP contribution in [0.15, 0.2) is 23.9 Å². The number of rotatable bonds is 7. The predicted molar refractivity (Wildman–Crippen MR) is 95.9 cm³/mol. The van der Waals surface area contributed by atoms with Crippen molar-refractivity contribution >= 4 is 17.4 Å². The largest absolute Gasteiger partial charge is 0.493 e. The fourth-order valence-corrected chi connectivity index (χ4v) is 3.43. The van der Waals surface area contributed by atoms with Gasteiger partial charge < -0.3 is 19.1 Å². The van der Waals surface area contributed by atoms with E-state index in [4.69, 9.17) is 14.2 Å². The summed E-state index contributed by atoms with van der Waals surface area (Å²) < 4.78 is 15.7.